The van der Waals surface area contributed by atoms with Crippen molar-refractivity contribution in [3.63, 3.8) is 0 Å². The molecule has 1 aliphatic carbocycles. The second-order valence-electron chi connectivity index (χ2n) is 4.10. The van der Waals surface area contributed by atoms with Crippen LogP contribution >= 0.6 is 0 Å². The van der Waals surface area contributed by atoms with Crippen molar-refractivity contribution in [2.75, 3.05) is 0 Å². The van der Waals surface area contributed by atoms with Crippen LogP contribution in [0, 0.1) is 0 Å². The van der Waals surface area contributed by atoms with Crippen LogP contribution in [0.2, 0.25) is 0 Å². The zero-order chi connectivity index (χ0) is 11.4. The minimum Gasteiger partial charge on any atom is -0.348 e. The molecule has 0 saturated heterocycles. The average molecular weight is 221 g/mol. The van der Waals surface area contributed by atoms with Crippen molar-refractivity contribution in [3.8, 4) is 0 Å². The van der Waals surface area contributed by atoms with Crippen molar-refractivity contribution in [3.05, 3.63) is 28.4 Å². The molecule has 1 saturated carbocycles. The first-order chi connectivity index (χ1) is 7.75. The summed E-state index contributed by atoms with van der Waals surface area (Å²) >= 11 is 0. The number of aromatic nitrogens is 2. The predicted molar refractivity (Wildman–Crippen MR) is 59.2 cm³/mol. The number of carbonyl (C=O) groups excluding carboxylic acids is 1. The fourth-order valence-electron chi connectivity index (χ4n) is 1.97. The Morgan fingerprint density at radius 1 is 1.38 bits per heavy atom. The molecule has 1 aliphatic rings. The van der Waals surface area contributed by atoms with E-state index in [1.54, 1.807) is 0 Å². The lowest BCUT2D eigenvalue weighted by Gasteiger charge is -2.22. The molecule has 2 N–H and O–H groups in total. The Morgan fingerprint density at radius 2 is 2.12 bits per heavy atom. The summed E-state index contributed by atoms with van der Waals surface area (Å²) in [5.74, 6) is -0.205. The summed E-state index contributed by atoms with van der Waals surface area (Å²) in [4.78, 5) is 28.7. The maximum Gasteiger partial charge on any atom is 0.271 e. The third-order valence-electron chi connectivity index (χ3n) is 2.85. The molecule has 1 aromatic heterocycles. The van der Waals surface area contributed by atoms with Gasteiger partial charge in [-0.3, -0.25) is 9.59 Å². The monoisotopic (exact) mass is 221 g/mol. The molecule has 0 bridgehead atoms. The van der Waals surface area contributed by atoms with Gasteiger partial charge in [0.2, 0.25) is 0 Å². The van der Waals surface area contributed by atoms with Gasteiger partial charge in [0.25, 0.3) is 11.5 Å². The number of nitrogens with zero attached hydrogens (tertiary/aromatic N) is 1. The van der Waals surface area contributed by atoms with E-state index >= 15 is 0 Å². The minimum atomic E-state index is -0.297. The first-order valence-corrected chi connectivity index (χ1v) is 5.61. The molecule has 1 amide bonds. The normalized spacial score (nSPS) is 17.0. The van der Waals surface area contributed by atoms with Crippen LogP contribution in [0.3, 0.4) is 0 Å². The predicted octanol–water partition coefficient (Wildman–Crippen LogP) is 0.832. The number of H-pyrrole nitrogens is 1. The minimum absolute atomic E-state index is 0.205. The topological polar surface area (TPSA) is 74.8 Å². The highest BCUT2D eigenvalue weighted by Gasteiger charge is 2.17. The van der Waals surface area contributed by atoms with Crippen molar-refractivity contribution >= 4 is 5.91 Å². The van der Waals surface area contributed by atoms with Crippen molar-refractivity contribution in [1.82, 2.24) is 15.3 Å². The van der Waals surface area contributed by atoms with Crippen LogP contribution in [0.5, 0.6) is 0 Å². The first-order valence-electron chi connectivity index (χ1n) is 5.61. The van der Waals surface area contributed by atoms with E-state index in [0.29, 0.717) is 0 Å². The van der Waals surface area contributed by atoms with Gasteiger partial charge in [-0.25, -0.2) is 4.98 Å². The quantitative estimate of drug-likeness (QED) is 0.776. The molecule has 0 unspecified atom stereocenters. The highest BCUT2D eigenvalue weighted by atomic mass is 16.2. The lowest BCUT2D eigenvalue weighted by atomic mass is 9.95. The van der Waals surface area contributed by atoms with Gasteiger partial charge in [-0.2, -0.15) is 0 Å². The van der Waals surface area contributed by atoms with Crippen LogP contribution in [-0.4, -0.2) is 21.9 Å². The molecule has 86 valence electrons. The summed E-state index contributed by atoms with van der Waals surface area (Å²) in [5, 5.41) is 2.93. The van der Waals surface area contributed by atoms with Crippen LogP contribution in [0.15, 0.2) is 17.2 Å². The fraction of sp³-hybridized carbons (Fsp3) is 0.545. The Bertz CT molecular complexity index is 401. The molecular formula is C11H15N3O2. The number of amides is 1. The van der Waals surface area contributed by atoms with Crippen molar-refractivity contribution in [2.45, 2.75) is 38.1 Å². The Hall–Kier alpha value is -1.65. The molecule has 5 heteroatoms. The molecule has 1 fully saturated rings. The van der Waals surface area contributed by atoms with Crippen molar-refractivity contribution in [1.29, 1.82) is 0 Å². The summed E-state index contributed by atoms with van der Waals surface area (Å²) in [7, 11) is 0. The standard InChI is InChI=1S/C11H15N3O2/c15-10-7-12-9(6-13-10)11(16)14-8-4-2-1-3-5-8/h6-8H,1-5H2,(H,13,15)(H,14,16). The van der Waals surface area contributed by atoms with Gasteiger partial charge in [0.05, 0.1) is 6.20 Å². The van der Waals surface area contributed by atoms with E-state index in [-0.39, 0.29) is 23.2 Å². The highest BCUT2D eigenvalue weighted by Crippen LogP contribution is 2.17. The smallest absolute Gasteiger partial charge is 0.271 e. The fourth-order valence-corrected chi connectivity index (χ4v) is 1.97. The van der Waals surface area contributed by atoms with Gasteiger partial charge < -0.3 is 10.3 Å². The molecule has 1 aromatic rings. The largest absolute Gasteiger partial charge is 0.348 e. The molecule has 16 heavy (non-hydrogen) atoms. The van der Waals surface area contributed by atoms with E-state index in [9.17, 15) is 9.59 Å². The summed E-state index contributed by atoms with van der Waals surface area (Å²) in [6.45, 7) is 0. The second-order valence-corrected chi connectivity index (χ2v) is 4.10. The number of nitrogens with one attached hydrogen (secondary N) is 2. The van der Waals surface area contributed by atoms with Gasteiger partial charge in [-0.05, 0) is 12.8 Å². The molecular weight excluding hydrogens is 206 g/mol. The summed E-state index contributed by atoms with van der Waals surface area (Å²) < 4.78 is 0. The average Bonchev–Trinajstić information content (AvgIpc) is 2.31. The van der Waals surface area contributed by atoms with Gasteiger partial charge in [0.1, 0.15) is 5.69 Å². The third kappa shape index (κ3) is 2.68. The Kier molecular flexibility index (Phi) is 3.34. The number of hydrogen-bond donors (Lipinski definition) is 2. The van der Waals surface area contributed by atoms with Gasteiger partial charge in [-0.1, -0.05) is 19.3 Å². The zero-order valence-electron chi connectivity index (χ0n) is 9.03. The maximum absolute atomic E-state index is 11.7. The lowest BCUT2D eigenvalue weighted by Crippen LogP contribution is -2.36. The lowest BCUT2D eigenvalue weighted by molar-refractivity contribution is 0.0922. The summed E-state index contributed by atoms with van der Waals surface area (Å²) in [6, 6.07) is 0.259. The van der Waals surface area contributed by atoms with Crippen LogP contribution in [-0.2, 0) is 0 Å². The Balaban J connectivity index is 1.96. The van der Waals surface area contributed by atoms with E-state index < -0.39 is 0 Å². The molecule has 0 aliphatic heterocycles. The van der Waals surface area contributed by atoms with Crippen molar-refractivity contribution in [2.24, 2.45) is 0 Å². The van der Waals surface area contributed by atoms with E-state index in [1.807, 2.05) is 0 Å². The molecule has 5 nitrogen and oxygen atoms in total. The van der Waals surface area contributed by atoms with Gasteiger partial charge in [-0.15, -0.1) is 0 Å². The molecule has 0 atom stereocenters. The number of hydrogen-bond acceptors (Lipinski definition) is 3. The summed E-state index contributed by atoms with van der Waals surface area (Å²) in [5.41, 5.74) is -0.0283. The summed E-state index contributed by atoms with van der Waals surface area (Å²) in [6.07, 6.45) is 8.14. The van der Waals surface area contributed by atoms with Gasteiger partial charge >= 0.3 is 0 Å². The zero-order valence-corrected chi connectivity index (χ0v) is 9.03. The van der Waals surface area contributed by atoms with Crippen LogP contribution in [0.1, 0.15) is 42.6 Å². The third-order valence-corrected chi connectivity index (χ3v) is 2.85. The molecule has 2 rings (SSSR count). The maximum atomic E-state index is 11.7. The molecule has 0 aromatic carbocycles. The van der Waals surface area contributed by atoms with Gasteiger partial charge in [0.15, 0.2) is 0 Å². The first kappa shape index (κ1) is 10.9. The molecule has 0 spiro atoms. The van der Waals surface area contributed by atoms with Gasteiger partial charge in [0, 0.05) is 12.2 Å². The Labute approximate surface area is 93.3 Å². The van der Waals surface area contributed by atoms with Crippen LogP contribution in [0.25, 0.3) is 0 Å². The SMILES string of the molecule is O=C(NC1CCCCC1)c1c[nH]c(=O)cn1. The molecule has 0 radical (unpaired) electrons. The number of carbonyl (C=O) groups is 1. The Morgan fingerprint density at radius 3 is 2.75 bits per heavy atom. The van der Waals surface area contributed by atoms with Crippen LogP contribution < -0.4 is 10.9 Å². The number of rotatable bonds is 2. The molecule has 1 heterocycles. The van der Waals surface area contributed by atoms with Crippen molar-refractivity contribution < 1.29 is 4.79 Å². The van der Waals surface area contributed by atoms with E-state index in [0.717, 1.165) is 19.0 Å². The van der Waals surface area contributed by atoms with E-state index in [1.165, 1.54) is 25.5 Å². The van der Waals surface area contributed by atoms with E-state index in [2.05, 4.69) is 15.3 Å². The van der Waals surface area contributed by atoms with Crippen LogP contribution in [0.4, 0.5) is 0 Å². The van der Waals surface area contributed by atoms with E-state index in [4.69, 9.17) is 0 Å². The highest BCUT2D eigenvalue weighted by molar-refractivity contribution is 5.92. The second kappa shape index (κ2) is 4.92. The number of aromatic amines is 1.